The van der Waals surface area contributed by atoms with Crippen LogP contribution in [0.3, 0.4) is 0 Å². The second-order valence-corrected chi connectivity index (χ2v) is 5.95. The molecule has 2 amide bonds. The minimum Gasteiger partial charge on any atom is -0.450 e. The van der Waals surface area contributed by atoms with E-state index < -0.39 is 0 Å². The van der Waals surface area contributed by atoms with Crippen LogP contribution >= 0.6 is 0 Å². The second kappa shape index (κ2) is 8.93. The molecule has 1 saturated heterocycles. The normalized spacial score (nSPS) is 14.0. The van der Waals surface area contributed by atoms with Gasteiger partial charge < -0.3 is 19.9 Å². The van der Waals surface area contributed by atoms with Gasteiger partial charge in [-0.05, 0) is 19.1 Å². The van der Waals surface area contributed by atoms with Crippen molar-refractivity contribution in [3.8, 4) is 0 Å². The first-order valence-electron chi connectivity index (χ1n) is 8.84. The van der Waals surface area contributed by atoms with Gasteiger partial charge in [-0.3, -0.25) is 9.78 Å². The van der Waals surface area contributed by atoms with Gasteiger partial charge in [0.05, 0.1) is 24.4 Å². The van der Waals surface area contributed by atoms with Crippen molar-refractivity contribution in [2.75, 3.05) is 38.1 Å². The largest absolute Gasteiger partial charge is 0.450 e. The number of rotatable bonds is 5. The summed E-state index contributed by atoms with van der Waals surface area (Å²) in [7, 11) is 0. The summed E-state index contributed by atoms with van der Waals surface area (Å²) in [6, 6.07) is 5.67. The molecule has 3 heterocycles. The molecule has 9 heteroatoms. The van der Waals surface area contributed by atoms with E-state index in [1.54, 1.807) is 22.9 Å². The molecule has 0 unspecified atom stereocenters. The number of nitrogens with one attached hydrogen (secondary N) is 1. The third-order valence-electron chi connectivity index (χ3n) is 4.15. The van der Waals surface area contributed by atoms with Gasteiger partial charge in [0.15, 0.2) is 0 Å². The Morgan fingerprint density at radius 1 is 1.07 bits per heavy atom. The number of nitrogens with zero attached hydrogens (tertiary/aromatic N) is 5. The minimum absolute atomic E-state index is 0.144. The molecule has 142 valence electrons. The number of anilines is 1. The van der Waals surface area contributed by atoms with Gasteiger partial charge in [-0.15, -0.1) is 0 Å². The van der Waals surface area contributed by atoms with Crippen LogP contribution in [0.4, 0.5) is 10.7 Å². The van der Waals surface area contributed by atoms with E-state index in [1.807, 2.05) is 18.2 Å². The summed E-state index contributed by atoms with van der Waals surface area (Å²) in [6.45, 7) is 4.44. The minimum atomic E-state index is -0.337. The van der Waals surface area contributed by atoms with Crippen molar-refractivity contribution in [1.29, 1.82) is 0 Å². The molecule has 27 heavy (non-hydrogen) atoms. The maximum Gasteiger partial charge on any atom is 0.409 e. The predicted molar refractivity (Wildman–Crippen MR) is 98.1 cm³/mol. The summed E-state index contributed by atoms with van der Waals surface area (Å²) in [5.41, 5.74) is 1.30. The van der Waals surface area contributed by atoms with Crippen molar-refractivity contribution in [3.63, 3.8) is 0 Å². The van der Waals surface area contributed by atoms with Gasteiger partial charge in [-0.2, -0.15) is 0 Å². The first kappa shape index (κ1) is 18.6. The molecule has 2 aromatic rings. The van der Waals surface area contributed by atoms with Gasteiger partial charge in [0.2, 0.25) is 5.95 Å². The fourth-order valence-electron chi connectivity index (χ4n) is 2.69. The van der Waals surface area contributed by atoms with Crippen molar-refractivity contribution >= 4 is 17.9 Å². The number of amides is 2. The Bertz CT molecular complexity index is 760. The Labute approximate surface area is 157 Å². The molecule has 0 saturated carbocycles. The summed E-state index contributed by atoms with van der Waals surface area (Å²) in [5.74, 6) is 0.291. The van der Waals surface area contributed by atoms with E-state index >= 15 is 0 Å². The van der Waals surface area contributed by atoms with Crippen LogP contribution < -0.4 is 5.32 Å². The lowest BCUT2D eigenvalue weighted by Crippen LogP contribution is -2.50. The van der Waals surface area contributed by atoms with Crippen molar-refractivity contribution in [3.05, 3.63) is 48.0 Å². The highest BCUT2D eigenvalue weighted by atomic mass is 16.6. The second-order valence-electron chi connectivity index (χ2n) is 5.95. The van der Waals surface area contributed by atoms with Gasteiger partial charge in [0, 0.05) is 44.8 Å². The van der Waals surface area contributed by atoms with E-state index in [4.69, 9.17) is 4.74 Å². The lowest BCUT2D eigenvalue weighted by molar-refractivity contribution is 0.0570. The SMILES string of the molecule is CCOC(=O)N1CCN(C(=O)c2cnc(NCc3ccccn3)nc2)CC1. The van der Waals surface area contributed by atoms with E-state index in [9.17, 15) is 9.59 Å². The topological polar surface area (TPSA) is 101 Å². The number of carbonyl (C=O) groups is 2. The van der Waals surface area contributed by atoms with Crippen molar-refractivity contribution in [2.45, 2.75) is 13.5 Å². The number of aromatic nitrogens is 3. The van der Waals surface area contributed by atoms with E-state index in [0.29, 0.717) is 50.8 Å². The lowest BCUT2D eigenvalue weighted by Gasteiger charge is -2.33. The number of ether oxygens (including phenoxy) is 1. The van der Waals surface area contributed by atoms with Crippen LogP contribution in [-0.2, 0) is 11.3 Å². The Kier molecular flexibility index (Phi) is 6.14. The van der Waals surface area contributed by atoms with Crippen LogP contribution in [0, 0.1) is 0 Å². The van der Waals surface area contributed by atoms with Crippen LogP contribution in [0.15, 0.2) is 36.8 Å². The molecule has 1 aliphatic rings. The van der Waals surface area contributed by atoms with Crippen molar-refractivity contribution < 1.29 is 14.3 Å². The maximum absolute atomic E-state index is 12.6. The molecule has 0 aliphatic carbocycles. The quantitative estimate of drug-likeness (QED) is 0.849. The average molecular weight is 370 g/mol. The summed E-state index contributed by atoms with van der Waals surface area (Å²) >= 11 is 0. The fraction of sp³-hybridized carbons (Fsp3) is 0.389. The third kappa shape index (κ3) is 4.90. The zero-order valence-electron chi connectivity index (χ0n) is 15.2. The van der Waals surface area contributed by atoms with Crippen LogP contribution in [0.5, 0.6) is 0 Å². The first-order valence-corrected chi connectivity index (χ1v) is 8.84. The van der Waals surface area contributed by atoms with Crippen LogP contribution in [-0.4, -0.2) is 69.5 Å². The highest BCUT2D eigenvalue weighted by Crippen LogP contribution is 2.10. The van der Waals surface area contributed by atoms with Crippen LogP contribution in [0.1, 0.15) is 23.0 Å². The van der Waals surface area contributed by atoms with E-state index in [2.05, 4.69) is 20.3 Å². The molecule has 0 atom stereocenters. The highest BCUT2D eigenvalue weighted by Gasteiger charge is 2.25. The summed E-state index contributed by atoms with van der Waals surface area (Å²) < 4.78 is 4.98. The fourth-order valence-corrected chi connectivity index (χ4v) is 2.69. The van der Waals surface area contributed by atoms with E-state index in [1.165, 1.54) is 12.4 Å². The standard InChI is InChI=1S/C18H22N6O3/c1-2-27-18(26)24-9-7-23(8-10-24)16(25)14-11-20-17(21-12-14)22-13-15-5-3-4-6-19-15/h3-6,11-12H,2,7-10,13H2,1H3,(H,20,21,22). The predicted octanol–water partition coefficient (Wildman–Crippen LogP) is 1.40. The monoisotopic (exact) mass is 370 g/mol. The zero-order chi connectivity index (χ0) is 19.1. The molecule has 2 aromatic heterocycles. The molecule has 1 fully saturated rings. The third-order valence-corrected chi connectivity index (χ3v) is 4.15. The van der Waals surface area contributed by atoms with E-state index in [0.717, 1.165) is 5.69 Å². The van der Waals surface area contributed by atoms with Gasteiger partial charge >= 0.3 is 6.09 Å². The molecule has 0 aromatic carbocycles. The summed E-state index contributed by atoms with van der Waals surface area (Å²) in [4.78, 5) is 40.2. The lowest BCUT2D eigenvalue weighted by atomic mass is 10.2. The van der Waals surface area contributed by atoms with Crippen LogP contribution in [0.25, 0.3) is 0 Å². The molecule has 0 radical (unpaired) electrons. The molecule has 0 bridgehead atoms. The molecule has 0 spiro atoms. The highest BCUT2D eigenvalue weighted by molar-refractivity contribution is 5.93. The van der Waals surface area contributed by atoms with Gasteiger partial charge in [-0.25, -0.2) is 14.8 Å². The van der Waals surface area contributed by atoms with Gasteiger partial charge in [-0.1, -0.05) is 6.07 Å². The maximum atomic E-state index is 12.6. The average Bonchev–Trinajstić information content (AvgIpc) is 2.73. The number of piperazine rings is 1. The number of pyridine rings is 1. The summed E-state index contributed by atoms with van der Waals surface area (Å²) in [6.07, 6.45) is 4.40. The number of hydrogen-bond donors (Lipinski definition) is 1. The Morgan fingerprint density at radius 2 is 1.78 bits per heavy atom. The number of hydrogen-bond acceptors (Lipinski definition) is 7. The molecule has 9 nitrogen and oxygen atoms in total. The van der Waals surface area contributed by atoms with Gasteiger partial charge in [0.1, 0.15) is 0 Å². The smallest absolute Gasteiger partial charge is 0.409 e. The van der Waals surface area contributed by atoms with Crippen molar-refractivity contribution in [1.82, 2.24) is 24.8 Å². The molecule has 3 rings (SSSR count). The first-order chi connectivity index (χ1) is 13.2. The van der Waals surface area contributed by atoms with Crippen LogP contribution in [0.2, 0.25) is 0 Å². The molecule has 1 N–H and O–H groups in total. The Balaban J connectivity index is 1.51. The van der Waals surface area contributed by atoms with Crippen molar-refractivity contribution in [2.24, 2.45) is 0 Å². The molecule has 1 aliphatic heterocycles. The van der Waals surface area contributed by atoms with Gasteiger partial charge in [0.25, 0.3) is 5.91 Å². The zero-order valence-corrected chi connectivity index (χ0v) is 15.2. The summed E-state index contributed by atoms with van der Waals surface area (Å²) in [5, 5.41) is 3.07. The Morgan fingerprint density at radius 3 is 2.41 bits per heavy atom. The molecular weight excluding hydrogens is 348 g/mol. The molecular formula is C18H22N6O3. The van der Waals surface area contributed by atoms with E-state index in [-0.39, 0.29) is 12.0 Å². The number of carbonyl (C=O) groups excluding carboxylic acids is 2. The Hall–Kier alpha value is -3.23.